The van der Waals surface area contributed by atoms with Gasteiger partial charge in [-0.25, -0.2) is 0 Å². The van der Waals surface area contributed by atoms with E-state index in [9.17, 15) is 14.9 Å². The van der Waals surface area contributed by atoms with Crippen molar-refractivity contribution in [3.63, 3.8) is 0 Å². The molecule has 3 rings (SSSR count). The third-order valence-corrected chi connectivity index (χ3v) is 5.36. The molecule has 8 heteroatoms. The number of carbonyl (C=O) groups is 1. The van der Waals surface area contributed by atoms with Crippen LogP contribution in [0.2, 0.25) is 0 Å². The molecule has 8 nitrogen and oxygen atoms in total. The SMILES string of the molecule is COc1cc2c(cc1OC)[C@@H](COc1ccc([N+](=O)[O-])cc1)N(C(=O)C(C)(C)C)CC2. The molecule has 1 heterocycles. The highest BCUT2D eigenvalue weighted by Crippen LogP contribution is 2.39. The fraction of sp³-hybridized carbons (Fsp3) is 0.435. The highest BCUT2D eigenvalue weighted by Gasteiger charge is 2.37. The predicted octanol–water partition coefficient (Wildman–Crippen LogP) is 4.16. The molecular weight excluding hydrogens is 400 g/mol. The maximum absolute atomic E-state index is 13.2. The Balaban J connectivity index is 1.95. The summed E-state index contributed by atoms with van der Waals surface area (Å²) in [5.41, 5.74) is 1.48. The molecular formula is C23H28N2O6. The zero-order chi connectivity index (χ0) is 22.8. The number of non-ortho nitro benzene ring substituents is 1. The van der Waals surface area contributed by atoms with Crippen LogP contribution in [-0.4, -0.2) is 43.1 Å². The van der Waals surface area contributed by atoms with Gasteiger partial charge in [0, 0.05) is 24.1 Å². The molecule has 0 unspecified atom stereocenters. The third kappa shape index (κ3) is 4.73. The summed E-state index contributed by atoms with van der Waals surface area (Å²) in [7, 11) is 3.17. The highest BCUT2D eigenvalue weighted by molar-refractivity contribution is 5.82. The summed E-state index contributed by atoms with van der Waals surface area (Å²) < 4.78 is 16.9. The molecule has 0 saturated carbocycles. The number of benzene rings is 2. The van der Waals surface area contributed by atoms with Gasteiger partial charge in [0.15, 0.2) is 11.5 Å². The number of hydrogen-bond acceptors (Lipinski definition) is 6. The Kier molecular flexibility index (Phi) is 6.38. The standard InChI is InChI=1S/C23H28N2O6/c1-23(2,3)22(26)24-11-10-15-12-20(29-4)21(30-5)13-18(15)19(24)14-31-17-8-6-16(7-9-17)25(27)28/h6-9,12-13,19H,10-11,14H2,1-5H3/t19-/m1/s1. The van der Waals surface area contributed by atoms with Gasteiger partial charge in [0.05, 0.1) is 25.2 Å². The Labute approximate surface area is 181 Å². The lowest BCUT2D eigenvalue weighted by atomic mass is 9.88. The van der Waals surface area contributed by atoms with Crippen molar-refractivity contribution in [1.29, 1.82) is 0 Å². The van der Waals surface area contributed by atoms with E-state index in [4.69, 9.17) is 14.2 Å². The van der Waals surface area contributed by atoms with Crippen LogP contribution < -0.4 is 14.2 Å². The zero-order valence-corrected chi connectivity index (χ0v) is 18.5. The van der Waals surface area contributed by atoms with Crippen LogP contribution >= 0.6 is 0 Å². The second-order valence-corrected chi connectivity index (χ2v) is 8.48. The number of amides is 1. The summed E-state index contributed by atoms with van der Waals surface area (Å²) in [6, 6.07) is 9.45. The first-order valence-electron chi connectivity index (χ1n) is 10.1. The minimum Gasteiger partial charge on any atom is -0.493 e. The van der Waals surface area contributed by atoms with E-state index in [1.807, 2.05) is 37.8 Å². The molecule has 0 N–H and O–H groups in total. The smallest absolute Gasteiger partial charge is 0.269 e. The van der Waals surface area contributed by atoms with Gasteiger partial charge in [0.25, 0.3) is 5.69 Å². The van der Waals surface area contributed by atoms with Crippen molar-refractivity contribution in [2.24, 2.45) is 5.41 Å². The van der Waals surface area contributed by atoms with Gasteiger partial charge in [-0.2, -0.15) is 0 Å². The number of carbonyl (C=O) groups excluding carboxylic acids is 1. The zero-order valence-electron chi connectivity index (χ0n) is 18.5. The molecule has 1 amide bonds. The van der Waals surface area contributed by atoms with Crippen molar-refractivity contribution in [2.45, 2.75) is 33.2 Å². The van der Waals surface area contributed by atoms with Crippen LogP contribution in [0.25, 0.3) is 0 Å². The van der Waals surface area contributed by atoms with Gasteiger partial charge < -0.3 is 19.1 Å². The second-order valence-electron chi connectivity index (χ2n) is 8.48. The van der Waals surface area contributed by atoms with E-state index in [1.54, 1.807) is 26.4 Å². The highest BCUT2D eigenvalue weighted by atomic mass is 16.6. The van der Waals surface area contributed by atoms with Gasteiger partial charge in [0.2, 0.25) is 5.91 Å². The van der Waals surface area contributed by atoms with E-state index in [0.29, 0.717) is 30.2 Å². The van der Waals surface area contributed by atoms with E-state index >= 15 is 0 Å². The van der Waals surface area contributed by atoms with E-state index in [2.05, 4.69) is 0 Å². The molecule has 0 aliphatic carbocycles. The predicted molar refractivity (Wildman–Crippen MR) is 116 cm³/mol. The average molecular weight is 428 g/mol. The van der Waals surface area contributed by atoms with Crippen molar-refractivity contribution in [3.05, 3.63) is 57.6 Å². The van der Waals surface area contributed by atoms with Crippen molar-refractivity contribution >= 4 is 11.6 Å². The van der Waals surface area contributed by atoms with Crippen molar-refractivity contribution in [3.8, 4) is 17.2 Å². The van der Waals surface area contributed by atoms with Crippen LogP contribution in [0, 0.1) is 15.5 Å². The maximum Gasteiger partial charge on any atom is 0.269 e. The number of nitrogens with zero attached hydrogens (tertiary/aromatic N) is 2. The number of nitro groups is 1. The fourth-order valence-corrected chi connectivity index (χ4v) is 3.72. The van der Waals surface area contributed by atoms with Crippen LogP contribution in [0.4, 0.5) is 5.69 Å². The van der Waals surface area contributed by atoms with Crippen LogP contribution in [0.5, 0.6) is 17.2 Å². The topological polar surface area (TPSA) is 91.1 Å². The Morgan fingerprint density at radius 3 is 2.29 bits per heavy atom. The number of methoxy groups -OCH3 is 2. The molecule has 0 bridgehead atoms. The molecule has 0 radical (unpaired) electrons. The van der Waals surface area contributed by atoms with Gasteiger partial charge in [-0.1, -0.05) is 20.8 Å². The quantitative estimate of drug-likeness (QED) is 0.507. The largest absolute Gasteiger partial charge is 0.493 e. The minimum absolute atomic E-state index is 0.00303. The van der Waals surface area contributed by atoms with Crippen LogP contribution in [0.1, 0.15) is 37.9 Å². The van der Waals surface area contributed by atoms with Crippen LogP contribution in [0.15, 0.2) is 36.4 Å². The summed E-state index contributed by atoms with van der Waals surface area (Å²) in [5, 5.41) is 10.9. The van der Waals surface area contributed by atoms with Crippen molar-refractivity contribution in [1.82, 2.24) is 4.90 Å². The lowest BCUT2D eigenvalue weighted by Gasteiger charge is -2.40. The Morgan fingerprint density at radius 1 is 1.13 bits per heavy atom. The number of nitro benzene ring substituents is 1. The fourth-order valence-electron chi connectivity index (χ4n) is 3.72. The number of hydrogen-bond donors (Lipinski definition) is 0. The van der Waals surface area contributed by atoms with Gasteiger partial charge in [0.1, 0.15) is 12.4 Å². The molecule has 0 saturated heterocycles. The van der Waals surface area contributed by atoms with Crippen LogP contribution in [0.3, 0.4) is 0 Å². The number of rotatable bonds is 6. The maximum atomic E-state index is 13.2. The summed E-state index contributed by atoms with van der Waals surface area (Å²) >= 11 is 0. The van der Waals surface area contributed by atoms with Crippen molar-refractivity contribution in [2.75, 3.05) is 27.4 Å². The molecule has 166 valence electrons. The summed E-state index contributed by atoms with van der Waals surface area (Å²) in [5.74, 6) is 1.77. The summed E-state index contributed by atoms with van der Waals surface area (Å²) in [4.78, 5) is 25.5. The number of ether oxygens (including phenoxy) is 3. The summed E-state index contributed by atoms with van der Waals surface area (Å²) in [6.45, 7) is 6.46. The minimum atomic E-state index is -0.542. The van der Waals surface area contributed by atoms with E-state index in [-0.39, 0.29) is 24.2 Å². The first-order valence-corrected chi connectivity index (χ1v) is 10.1. The van der Waals surface area contributed by atoms with Crippen molar-refractivity contribution < 1.29 is 23.9 Å². The lowest BCUT2D eigenvalue weighted by molar-refractivity contribution is -0.384. The molecule has 1 atom stereocenters. The molecule has 1 aliphatic rings. The molecule has 0 aromatic heterocycles. The second kappa shape index (κ2) is 8.83. The Morgan fingerprint density at radius 2 is 1.74 bits per heavy atom. The molecule has 0 spiro atoms. The van der Waals surface area contributed by atoms with Crippen LogP contribution in [-0.2, 0) is 11.2 Å². The molecule has 2 aromatic rings. The molecule has 0 fully saturated rings. The molecule has 2 aromatic carbocycles. The molecule has 31 heavy (non-hydrogen) atoms. The van der Waals surface area contributed by atoms with E-state index in [1.165, 1.54) is 12.1 Å². The first-order chi connectivity index (χ1) is 14.7. The monoisotopic (exact) mass is 428 g/mol. The summed E-state index contributed by atoms with van der Waals surface area (Å²) in [6.07, 6.45) is 0.700. The Bertz CT molecular complexity index is 965. The van der Waals surface area contributed by atoms with Gasteiger partial charge in [-0.05, 0) is 41.8 Å². The third-order valence-electron chi connectivity index (χ3n) is 5.36. The van der Waals surface area contributed by atoms with E-state index < -0.39 is 10.3 Å². The van der Waals surface area contributed by atoms with Gasteiger partial charge >= 0.3 is 0 Å². The first kappa shape index (κ1) is 22.4. The van der Waals surface area contributed by atoms with E-state index in [0.717, 1.165) is 11.1 Å². The Hall–Kier alpha value is -3.29. The normalized spacial score (nSPS) is 15.8. The van der Waals surface area contributed by atoms with Gasteiger partial charge in [-0.3, -0.25) is 14.9 Å². The lowest BCUT2D eigenvalue weighted by Crippen LogP contribution is -2.47. The average Bonchev–Trinajstić information content (AvgIpc) is 2.75. The number of fused-ring (bicyclic) bond motifs is 1. The van der Waals surface area contributed by atoms with Gasteiger partial charge in [-0.15, -0.1) is 0 Å². The molecule has 1 aliphatic heterocycles.